The summed E-state index contributed by atoms with van der Waals surface area (Å²) < 4.78 is 0. The van der Waals surface area contributed by atoms with Gasteiger partial charge in [0.2, 0.25) is 0 Å². The van der Waals surface area contributed by atoms with Crippen LogP contribution < -0.4 is 5.32 Å². The van der Waals surface area contributed by atoms with Crippen molar-refractivity contribution in [2.24, 2.45) is 0 Å². The molecule has 68 valence electrons. The van der Waals surface area contributed by atoms with E-state index in [0.717, 1.165) is 19.3 Å². The summed E-state index contributed by atoms with van der Waals surface area (Å²) in [5.41, 5.74) is 0. The number of aliphatic carboxylic acids is 1. The minimum absolute atomic E-state index is 0. The maximum Gasteiger partial charge on any atom is 0.320 e. The molecule has 0 aliphatic rings. The first-order valence-corrected chi connectivity index (χ1v) is 3.62. The second-order valence-corrected chi connectivity index (χ2v) is 2.32. The highest BCUT2D eigenvalue weighted by Crippen LogP contribution is 1.99. The molecule has 1 unspecified atom stereocenters. The number of likely N-dealkylation sites (N-methyl/N-ethyl adjacent to an activating group) is 1. The SMILES string of the molecule is CCCCC(NC)C(=O)O.Cl. The molecule has 0 aromatic carbocycles. The molecule has 0 heterocycles. The van der Waals surface area contributed by atoms with E-state index in [1.54, 1.807) is 7.05 Å². The number of carboxylic acid groups (broad SMARTS) is 1. The van der Waals surface area contributed by atoms with E-state index in [2.05, 4.69) is 12.2 Å². The van der Waals surface area contributed by atoms with Crippen LogP contribution in [0, 0.1) is 0 Å². The van der Waals surface area contributed by atoms with Crippen LogP contribution in [0.25, 0.3) is 0 Å². The van der Waals surface area contributed by atoms with E-state index >= 15 is 0 Å². The van der Waals surface area contributed by atoms with Crippen LogP contribution in [0.4, 0.5) is 0 Å². The maximum absolute atomic E-state index is 10.4. The Bertz CT molecular complexity index is 109. The van der Waals surface area contributed by atoms with Gasteiger partial charge in [-0.1, -0.05) is 19.8 Å². The van der Waals surface area contributed by atoms with E-state index in [1.807, 2.05) is 0 Å². The van der Waals surface area contributed by atoms with Crippen LogP contribution in [0.2, 0.25) is 0 Å². The lowest BCUT2D eigenvalue weighted by molar-refractivity contribution is -0.139. The lowest BCUT2D eigenvalue weighted by atomic mass is 10.1. The zero-order chi connectivity index (χ0) is 7.98. The Morgan fingerprint density at radius 2 is 2.18 bits per heavy atom. The van der Waals surface area contributed by atoms with Crippen LogP contribution in [0.3, 0.4) is 0 Å². The van der Waals surface area contributed by atoms with Crippen LogP contribution in [0.1, 0.15) is 26.2 Å². The first-order valence-electron chi connectivity index (χ1n) is 3.62. The van der Waals surface area contributed by atoms with E-state index in [9.17, 15) is 4.79 Å². The standard InChI is InChI=1S/C7H15NO2.ClH/c1-3-4-5-6(8-2)7(9)10;/h6,8H,3-5H2,1-2H3,(H,9,10);1H. The number of unbranched alkanes of at least 4 members (excludes halogenated alkanes) is 1. The molecular weight excluding hydrogens is 166 g/mol. The average Bonchev–Trinajstić information content (AvgIpc) is 1.89. The van der Waals surface area contributed by atoms with Crippen LogP contribution >= 0.6 is 12.4 Å². The zero-order valence-corrected chi connectivity index (χ0v) is 7.78. The molecule has 3 nitrogen and oxygen atoms in total. The van der Waals surface area contributed by atoms with Gasteiger partial charge in [-0.2, -0.15) is 0 Å². The van der Waals surface area contributed by atoms with Gasteiger partial charge in [-0.15, -0.1) is 12.4 Å². The molecule has 0 bridgehead atoms. The smallest absolute Gasteiger partial charge is 0.320 e. The van der Waals surface area contributed by atoms with Gasteiger partial charge in [0.05, 0.1) is 0 Å². The van der Waals surface area contributed by atoms with Crippen LogP contribution in [0.5, 0.6) is 0 Å². The summed E-state index contributed by atoms with van der Waals surface area (Å²) in [6.45, 7) is 2.05. The van der Waals surface area contributed by atoms with Gasteiger partial charge in [0.1, 0.15) is 6.04 Å². The van der Waals surface area contributed by atoms with E-state index < -0.39 is 5.97 Å². The summed E-state index contributed by atoms with van der Waals surface area (Å²) in [6.07, 6.45) is 2.74. The van der Waals surface area contributed by atoms with Crippen molar-refractivity contribution >= 4 is 18.4 Å². The Morgan fingerprint density at radius 3 is 2.45 bits per heavy atom. The summed E-state index contributed by atoms with van der Waals surface area (Å²) in [6, 6.07) is -0.361. The van der Waals surface area contributed by atoms with Gasteiger partial charge < -0.3 is 10.4 Å². The van der Waals surface area contributed by atoms with E-state index in [4.69, 9.17) is 5.11 Å². The summed E-state index contributed by atoms with van der Waals surface area (Å²) in [5, 5.41) is 11.3. The topological polar surface area (TPSA) is 49.3 Å². The third kappa shape index (κ3) is 6.13. The lowest BCUT2D eigenvalue weighted by Gasteiger charge is -2.08. The van der Waals surface area contributed by atoms with Gasteiger partial charge in [0, 0.05) is 0 Å². The molecule has 0 aliphatic heterocycles. The Morgan fingerprint density at radius 1 is 1.64 bits per heavy atom. The molecule has 0 aromatic rings. The zero-order valence-electron chi connectivity index (χ0n) is 6.96. The largest absolute Gasteiger partial charge is 0.480 e. The van der Waals surface area contributed by atoms with Crippen LogP contribution in [-0.2, 0) is 4.79 Å². The number of carbonyl (C=O) groups is 1. The van der Waals surface area contributed by atoms with Crippen molar-refractivity contribution in [2.75, 3.05) is 7.05 Å². The Hall–Kier alpha value is -0.280. The molecule has 2 N–H and O–H groups in total. The molecule has 0 spiro atoms. The minimum Gasteiger partial charge on any atom is -0.480 e. The molecule has 0 radical (unpaired) electrons. The first-order chi connectivity index (χ1) is 4.72. The number of hydrogen-bond acceptors (Lipinski definition) is 2. The highest BCUT2D eigenvalue weighted by atomic mass is 35.5. The molecular formula is C7H16ClNO2. The van der Waals surface area contributed by atoms with Gasteiger partial charge >= 0.3 is 5.97 Å². The van der Waals surface area contributed by atoms with Gasteiger partial charge in [0.25, 0.3) is 0 Å². The van der Waals surface area contributed by atoms with Crippen molar-refractivity contribution in [1.82, 2.24) is 5.32 Å². The number of carboxylic acids is 1. The summed E-state index contributed by atoms with van der Waals surface area (Å²) in [7, 11) is 1.68. The van der Waals surface area contributed by atoms with E-state index in [0.29, 0.717) is 0 Å². The van der Waals surface area contributed by atoms with Gasteiger partial charge in [-0.05, 0) is 13.5 Å². The van der Waals surface area contributed by atoms with Crippen molar-refractivity contribution in [3.8, 4) is 0 Å². The third-order valence-electron chi connectivity index (χ3n) is 1.49. The van der Waals surface area contributed by atoms with Crippen LogP contribution in [-0.4, -0.2) is 24.2 Å². The molecule has 1 atom stereocenters. The summed E-state index contributed by atoms with van der Waals surface area (Å²) in [4.78, 5) is 10.4. The second kappa shape index (κ2) is 7.82. The van der Waals surface area contributed by atoms with Crippen LogP contribution in [0.15, 0.2) is 0 Å². The van der Waals surface area contributed by atoms with Crippen molar-refractivity contribution in [3.05, 3.63) is 0 Å². The summed E-state index contributed by atoms with van der Waals surface area (Å²) >= 11 is 0. The van der Waals surface area contributed by atoms with E-state index in [1.165, 1.54) is 0 Å². The van der Waals surface area contributed by atoms with Gasteiger partial charge in [-0.3, -0.25) is 4.79 Å². The molecule has 0 aliphatic carbocycles. The second-order valence-electron chi connectivity index (χ2n) is 2.32. The first kappa shape index (κ1) is 13.3. The molecule has 11 heavy (non-hydrogen) atoms. The molecule has 0 fully saturated rings. The molecule has 0 amide bonds. The number of halogens is 1. The van der Waals surface area contributed by atoms with Gasteiger partial charge in [0.15, 0.2) is 0 Å². The number of rotatable bonds is 5. The molecule has 0 saturated heterocycles. The fourth-order valence-corrected chi connectivity index (χ4v) is 0.800. The fourth-order valence-electron chi connectivity index (χ4n) is 0.800. The van der Waals surface area contributed by atoms with Crippen molar-refractivity contribution in [1.29, 1.82) is 0 Å². The highest BCUT2D eigenvalue weighted by Gasteiger charge is 2.12. The van der Waals surface area contributed by atoms with Crippen molar-refractivity contribution in [3.63, 3.8) is 0 Å². The quantitative estimate of drug-likeness (QED) is 0.672. The summed E-state index contributed by atoms with van der Waals surface area (Å²) in [5.74, 6) is -0.754. The Labute approximate surface area is 73.6 Å². The number of nitrogens with one attached hydrogen (secondary N) is 1. The highest BCUT2D eigenvalue weighted by molar-refractivity contribution is 5.85. The minimum atomic E-state index is -0.754. The predicted octanol–water partition coefficient (Wildman–Crippen LogP) is 1.27. The fraction of sp³-hybridized carbons (Fsp3) is 0.857. The Kier molecular flexibility index (Phi) is 9.47. The Balaban J connectivity index is 0. The molecule has 0 aromatic heterocycles. The molecule has 0 rings (SSSR count). The van der Waals surface area contributed by atoms with E-state index in [-0.39, 0.29) is 18.4 Å². The van der Waals surface area contributed by atoms with Crippen molar-refractivity contribution < 1.29 is 9.90 Å². The normalized spacial score (nSPS) is 11.8. The van der Waals surface area contributed by atoms with Gasteiger partial charge in [-0.25, -0.2) is 0 Å². The monoisotopic (exact) mass is 181 g/mol. The molecule has 4 heteroatoms. The average molecular weight is 182 g/mol. The maximum atomic E-state index is 10.4. The molecule has 0 saturated carbocycles. The lowest BCUT2D eigenvalue weighted by Crippen LogP contribution is -2.33. The number of hydrogen-bond donors (Lipinski definition) is 2. The van der Waals surface area contributed by atoms with Crippen molar-refractivity contribution in [2.45, 2.75) is 32.2 Å². The predicted molar refractivity (Wildman–Crippen MR) is 47.3 cm³/mol. The third-order valence-corrected chi connectivity index (χ3v) is 1.49.